The first kappa shape index (κ1) is 36.1. The maximum absolute atomic E-state index is 10.8. The number of nitrogens with zero attached hydrogens (tertiary/aromatic N) is 1. The lowest BCUT2D eigenvalue weighted by Crippen LogP contribution is -2.30. The summed E-state index contributed by atoms with van der Waals surface area (Å²) in [6.45, 7) is 19.4. The fraction of sp³-hybridized carbons (Fsp3) is 0.391. The summed E-state index contributed by atoms with van der Waals surface area (Å²) in [5.74, 6) is -0.294. The van der Waals surface area contributed by atoms with Crippen LogP contribution in [0, 0.1) is 11.3 Å². The Balaban J connectivity index is -0.000000168. The van der Waals surface area contributed by atoms with Gasteiger partial charge in [0.15, 0.2) is 0 Å². The van der Waals surface area contributed by atoms with Crippen LogP contribution in [0.15, 0.2) is 61.5 Å². The summed E-state index contributed by atoms with van der Waals surface area (Å²) in [6, 6.07) is 1.61. The van der Waals surface area contributed by atoms with E-state index in [4.69, 9.17) is 5.26 Å². The van der Waals surface area contributed by atoms with E-state index in [-0.39, 0.29) is 16.7 Å². The highest BCUT2D eigenvalue weighted by Crippen LogP contribution is 2.03. The van der Waals surface area contributed by atoms with E-state index in [1.807, 2.05) is 45.3 Å². The third kappa shape index (κ3) is 29.0. The second-order valence-corrected chi connectivity index (χ2v) is 6.36. The predicted molar refractivity (Wildman–Crippen MR) is 135 cm³/mol. The smallest absolute Gasteiger partial charge is 0.293 e. The molecule has 0 aliphatic rings. The number of allylic oxidation sites excluding steroid dienone is 4. The Bertz CT molecular complexity index is 653. The highest BCUT2D eigenvalue weighted by molar-refractivity contribution is 7.99. The summed E-state index contributed by atoms with van der Waals surface area (Å²) in [7, 11) is 1.45. The van der Waals surface area contributed by atoms with Crippen LogP contribution in [0.1, 0.15) is 27.7 Å². The van der Waals surface area contributed by atoms with E-state index >= 15 is 0 Å². The Labute approximate surface area is 197 Å². The van der Waals surface area contributed by atoms with Crippen LogP contribution in [0.2, 0.25) is 0 Å². The van der Waals surface area contributed by atoms with Crippen LogP contribution in [-0.2, 0) is 19.1 Å². The van der Waals surface area contributed by atoms with Crippen LogP contribution in [0.25, 0.3) is 0 Å². The van der Waals surface area contributed by atoms with Crippen LogP contribution < -0.4 is 16.0 Å². The summed E-state index contributed by atoms with van der Waals surface area (Å²) in [4.78, 5) is 30.3. The Morgan fingerprint density at radius 1 is 1.28 bits per heavy atom. The van der Waals surface area contributed by atoms with Crippen molar-refractivity contribution in [2.24, 2.45) is 0 Å². The van der Waals surface area contributed by atoms with Gasteiger partial charge in [-0.15, -0.1) is 0 Å². The lowest BCUT2D eigenvalue weighted by atomic mass is 10.3. The number of rotatable bonds is 10. The number of thioether (sulfide) groups is 1. The summed E-state index contributed by atoms with van der Waals surface area (Å²) in [5, 5.41) is 16.1. The van der Waals surface area contributed by atoms with Gasteiger partial charge in [0.05, 0.1) is 11.9 Å². The SMILES string of the molecule is C=C(C#N)C(=O)NC.C=C/C=C\C(=C/C)NC=C.CCNC(=O)C(C)SC.CCOC=O. The summed E-state index contributed by atoms with van der Waals surface area (Å²) in [6.07, 6.45) is 11.1. The Kier molecular flexibility index (Phi) is 33.8. The molecule has 0 aliphatic heterocycles. The van der Waals surface area contributed by atoms with E-state index in [1.165, 1.54) is 7.05 Å². The minimum absolute atomic E-state index is 0.0625. The van der Waals surface area contributed by atoms with Gasteiger partial charge in [-0.05, 0) is 46.2 Å². The van der Waals surface area contributed by atoms with Crippen molar-refractivity contribution in [1.82, 2.24) is 16.0 Å². The fourth-order valence-electron chi connectivity index (χ4n) is 1.21. The van der Waals surface area contributed by atoms with Gasteiger partial charge < -0.3 is 20.7 Å². The van der Waals surface area contributed by atoms with Gasteiger partial charge in [0, 0.05) is 19.3 Å². The molecule has 180 valence electrons. The molecule has 2 amide bonds. The largest absolute Gasteiger partial charge is 0.468 e. The van der Waals surface area contributed by atoms with Gasteiger partial charge in [0.25, 0.3) is 12.4 Å². The molecule has 0 bridgehead atoms. The molecule has 3 N–H and O–H groups in total. The molecule has 0 aromatic rings. The van der Waals surface area contributed by atoms with E-state index in [2.05, 4.69) is 40.4 Å². The number of likely N-dealkylation sites (N-methyl/N-ethyl adjacent to an activating group) is 1. The molecule has 32 heavy (non-hydrogen) atoms. The first-order chi connectivity index (χ1) is 15.2. The summed E-state index contributed by atoms with van der Waals surface area (Å²) < 4.78 is 4.15. The predicted octanol–water partition coefficient (Wildman–Crippen LogP) is 3.23. The number of hydrogen-bond donors (Lipinski definition) is 3. The topological polar surface area (TPSA) is 120 Å². The zero-order chi connectivity index (χ0) is 25.8. The quantitative estimate of drug-likeness (QED) is 0.196. The van der Waals surface area contributed by atoms with E-state index in [0.717, 1.165) is 12.2 Å². The van der Waals surface area contributed by atoms with Gasteiger partial charge in [-0.1, -0.05) is 38.0 Å². The molecule has 0 radical (unpaired) electrons. The van der Waals surface area contributed by atoms with E-state index in [0.29, 0.717) is 13.1 Å². The van der Waals surface area contributed by atoms with Crippen molar-refractivity contribution in [3.05, 3.63) is 61.5 Å². The van der Waals surface area contributed by atoms with Gasteiger partial charge in [-0.3, -0.25) is 14.4 Å². The highest BCUT2D eigenvalue weighted by Gasteiger charge is 2.07. The third-order valence-corrected chi connectivity index (χ3v) is 3.86. The van der Waals surface area contributed by atoms with Gasteiger partial charge in [0.2, 0.25) is 5.91 Å². The first-order valence-electron chi connectivity index (χ1n) is 9.70. The Hall–Kier alpha value is -3.25. The van der Waals surface area contributed by atoms with Crippen LogP contribution in [-0.4, -0.2) is 50.0 Å². The molecule has 0 heterocycles. The lowest BCUT2D eigenvalue weighted by Gasteiger charge is -2.06. The summed E-state index contributed by atoms with van der Waals surface area (Å²) >= 11 is 1.56. The van der Waals surface area contributed by atoms with E-state index in [1.54, 1.807) is 37.0 Å². The van der Waals surface area contributed by atoms with Crippen LogP contribution in [0.3, 0.4) is 0 Å². The fourth-order valence-corrected chi connectivity index (χ4v) is 1.51. The summed E-state index contributed by atoms with van der Waals surface area (Å²) in [5.41, 5.74) is 0.961. The normalized spacial score (nSPS) is 9.97. The van der Waals surface area contributed by atoms with Crippen molar-refractivity contribution in [2.45, 2.75) is 32.9 Å². The van der Waals surface area contributed by atoms with Gasteiger partial charge in [0.1, 0.15) is 11.6 Å². The zero-order valence-corrected chi connectivity index (χ0v) is 20.9. The second-order valence-electron chi connectivity index (χ2n) is 5.18. The van der Waals surface area contributed by atoms with Crippen molar-refractivity contribution < 1.29 is 19.1 Å². The lowest BCUT2D eigenvalue weighted by molar-refractivity contribution is -0.128. The maximum Gasteiger partial charge on any atom is 0.293 e. The molecule has 0 aromatic carbocycles. The molecule has 0 rings (SSSR count). The molecule has 1 unspecified atom stereocenters. The van der Waals surface area contributed by atoms with Crippen molar-refractivity contribution >= 4 is 30.0 Å². The number of nitriles is 1. The zero-order valence-electron chi connectivity index (χ0n) is 20.1. The molecule has 0 saturated carbocycles. The molecular weight excluding hydrogens is 428 g/mol. The third-order valence-electron chi connectivity index (χ3n) is 2.94. The van der Waals surface area contributed by atoms with Gasteiger partial charge >= 0.3 is 0 Å². The molecular formula is C23H38N4O4S. The minimum atomic E-state index is -0.424. The second kappa shape index (κ2) is 29.9. The molecule has 0 aliphatic carbocycles. The highest BCUT2D eigenvalue weighted by atomic mass is 32.2. The molecule has 0 saturated heterocycles. The number of amides is 2. The monoisotopic (exact) mass is 466 g/mol. The number of carbonyl (C=O) groups excluding carboxylic acids is 3. The van der Waals surface area contributed by atoms with E-state index < -0.39 is 5.91 Å². The van der Waals surface area contributed by atoms with Crippen molar-refractivity contribution in [3.8, 4) is 6.07 Å². The average Bonchev–Trinajstić information content (AvgIpc) is 2.81. The average molecular weight is 467 g/mol. The van der Waals surface area contributed by atoms with Crippen LogP contribution >= 0.6 is 11.8 Å². The van der Waals surface area contributed by atoms with Gasteiger partial charge in [-0.2, -0.15) is 17.0 Å². The Morgan fingerprint density at radius 3 is 2.12 bits per heavy atom. The standard InChI is InChI=1S/C9H13N.C6H13NOS.C5H6N2O.C3H6O2/c1-4-7-8-9(5-2)10-6-3;1-4-7-6(8)5(2)9-3;1-4(3-6)5(8)7-2;1-2-5-3-4/h4-8,10H,1,3H2,2H3;5H,4H2,1-3H3,(H,7,8);1H2,2H3,(H,7,8);3H,2H2,1H3/b8-7-,9-5+;;;. The van der Waals surface area contributed by atoms with Crippen molar-refractivity contribution in [1.29, 1.82) is 5.26 Å². The van der Waals surface area contributed by atoms with Crippen LogP contribution in [0.4, 0.5) is 0 Å². The Morgan fingerprint density at radius 2 is 1.88 bits per heavy atom. The first-order valence-corrected chi connectivity index (χ1v) is 11.0. The minimum Gasteiger partial charge on any atom is -0.468 e. The molecule has 0 aromatic heterocycles. The number of ether oxygens (including phenoxy) is 1. The van der Waals surface area contributed by atoms with Crippen LogP contribution in [0.5, 0.6) is 0 Å². The maximum atomic E-state index is 10.8. The molecule has 1 atom stereocenters. The number of nitrogens with one attached hydrogen (secondary N) is 3. The molecule has 0 fully saturated rings. The molecule has 8 nitrogen and oxygen atoms in total. The van der Waals surface area contributed by atoms with Gasteiger partial charge in [-0.25, -0.2) is 0 Å². The number of carbonyl (C=O) groups is 3. The van der Waals surface area contributed by atoms with E-state index in [9.17, 15) is 14.4 Å². The molecule has 9 heteroatoms. The number of hydrogen-bond acceptors (Lipinski definition) is 7. The van der Waals surface area contributed by atoms with Crippen molar-refractivity contribution in [2.75, 3.05) is 26.5 Å². The molecule has 0 spiro atoms. The van der Waals surface area contributed by atoms with Crippen molar-refractivity contribution in [3.63, 3.8) is 0 Å².